The first-order chi connectivity index (χ1) is 9.70. The van der Waals surface area contributed by atoms with Gasteiger partial charge in [0.15, 0.2) is 11.5 Å². The summed E-state index contributed by atoms with van der Waals surface area (Å²) in [6.45, 7) is 0.888. The molecule has 0 saturated heterocycles. The Kier molecular flexibility index (Phi) is 4.83. The van der Waals surface area contributed by atoms with Crippen LogP contribution in [0.25, 0.3) is 5.65 Å². The molecule has 0 fully saturated rings. The van der Waals surface area contributed by atoms with Gasteiger partial charge in [0.05, 0.1) is 6.61 Å². The molecule has 0 bridgehead atoms. The lowest BCUT2D eigenvalue weighted by molar-refractivity contribution is -0.137. The third kappa shape index (κ3) is 3.64. The molecule has 0 aliphatic carbocycles. The van der Waals surface area contributed by atoms with E-state index in [1.54, 1.807) is 23.8 Å². The SMILES string of the molecule is COCCOc1ccc2nnc(CCCC(=O)O)n2n1. The van der Waals surface area contributed by atoms with Gasteiger partial charge in [0, 0.05) is 26.0 Å². The molecule has 0 amide bonds. The van der Waals surface area contributed by atoms with Crippen LogP contribution in [0.4, 0.5) is 0 Å². The summed E-state index contributed by atoms with van der Waals surface area (Å²) >= 11 is 0. The van der Waals surface area contributed by atoms with E-state index in [4.69, 9.17) is 14.6 Å². The number of rotatable bonds is 8. The maximum Gasteiger partial charge on any atom is 0.303 e. The van der Waals surface area contributed by atoms with Gasteiger partial charge in [-0.1, -0.05) is 0 Å². The fraction of sp³-hybridized carbons (Fsp3) is 0.500. The van der Waals surface area contributed by atoms with Crippen molar-refractivity contribution in [3.8, 4) is 5.88 Å². The van der Waals surface area contributed by atoms with E-state index >= 15 is 0 Å². The Balaban J connectivity index is 2.06. The predicted molar refractivity (Wildman–Crippen MR) is 68.7 cm³/mol. The lowest BCUT2D eigenvalue weighted by Gasteiger charge is -2.05. The Labute approximate surface area is 115 Å². The molecule has 2 rings (SSSR count). The zero-order valence-corrected chi connectivity index (χ0v) is 11.2. The Morgan fingerprint density at radius 3 is 2.95 bits per heavy atom. The highest BCUT2D eigenvalue weighted by molar-refractivity contribution is 5.66. The average molecular weight is 280 g/mol. The molecule has 0 aliphatic heterocycles. The molecule has 108 valence electrons. The molecule has 2 aromatic rings. The number of hydrogen-bond donors (Lipinski definition) is 1. The van der Waals surface area contributed by atoms with Crippen molar-refractivity contribution in [1.29, 1.82) is 0 Å². The number of hydrogen-bond acceptors (Lipinski definition) is 6. The van der Waals surface area contributed by atoms with E-state index in [9.17, 15) is 4.79 Å². The maximum atomic E-state index is 10.5. The molecule has 2 aromatic heterocycles. The molecule has 0 spiro atoms. The number of aliphatic carboxylic acids is 1. The Morgan fingerprint density at radius 1 is 1.35 bits per heavy atom. The van der Waals surface area contributed by atoms with Crippen LogP contribution in [0.15, 0.2) is 12.1 Å². The first-order valence-corrected chi connectivity index (χ1v) is 6.25. The van der Waals surface area contributed by atoms with Gasteiger partial charge in [0.1, 0.15) is 6.61 Å². The minimum absolute atomic E-state index is 0.0962. The Bertz CT molecular complexity index is 584. The third-order valence-electron chi connectivity index (χ3n) is 2.63. The number of fused-ring (bicyclic) bond motifs is 1. The van der Waals surface area contributed by atoms with Crippen LogP contribution in [0.2, 0.25) is 0 Å². The van der Waals surface area contributed by atoms with E-state index in [1.165, 1.54) is 0 Å². The van der Waals surface area contributed by atoms with Gasteiger partial charge < -0.3 is 14.6 Å². The first kappa shape index (κ1) is 14.2. The summed E-state index contributed by atoms with van der Waals surface area (Å²) in [4.78, 5) is 10.5. The van der Waals surface area contributed by atoms with Crippen molar-refractivity contribution in [3.63, 3.8) is 0 Å². The van der Waals surface area contributed by atoms with E-state index in [2.05, 4.69) is 15.3 Å². The number of ether oxygens (including phenoxy) is 2. The highest BCUT2D eigenvalue weighted by Gasteiger charge is 2.09. The average Bonchev–Trinajstić information content (AvgIpc) is 2.82. The van der Waals surface area contributed by atoms with Gasteiger partial charge in [-0.25, -0.2) is 0 Å². The normalized spacial score (nSPS) is 10.8. The monoisotopic (exact) mass is 280 g/mol. The van der Waals surface area contributed by atoms with Crippen LogP contribution in [-0.2, 0) is 16.0 Å². The van der Waals surface area contributed by atoms with Crippen LogP contribution in [0.3, 0.4) is 0 Å². The van der Waals surface area contributed by atoms with E-state index in [0.717, 1.165) is 0 Å². The summed E-state index contributed by atoms with van der Waals surface area (Å²) in [7, 11) is 1.60. The van der Waals surface area contributed by atoms with Crippen LogP contribution >= 0.6 is 0 Å². The number of aromatic nitrogens is 4. The largest absolute Gasteiger partial charge is 0.481 e. The fourth-order valence-corrected chi connectivity index (χ4v) is 1.68. The highest BCUT2D eigenvalue weighted by Crippen LogP contribution is 2.10. The summed E-state index contributed by atoms with van der Waals surface area (Å²) in [6.07, 6.45) is 1.09. The summed E-state index contributed by atoms with van der Waals surface area (Å²) in [5.41, 5.74) is 0.606. The topological polar surface area (TPSA) is 98.8 Å². The van der Waals surface area contributed by atoms with Crippen LogP contribution in [0.1, 0.15) is 18.7 Å². The molecule has 2 heterocycles. The Morgan fingerprint density at radius 2 is 2.20 bits per heavy atom. The summed E-state index contributed by atoms with van der Waals surface area (Å²) < 4.78 is 11.9. The van der Waals surface area contributed by atoms with Gasteiger partial charge >= 0.3 is 5.97 Å². The molecule has 8 nitrogen and oxygen atoms in total. The molecular formula is C12H16N4O4. The second-order valence-corrected chi connectivity index (χ2v) is 4.15. The van der Waals surface area contributed by atoms with Crippen molar-refractivity contribution in [3.05, 3.63) is 18.0 Å². The van der Waals surface area contributed by atoms with Gasteiger partial charge in [-0.05, 0) is 12.5 Å². The maximum absolute atomic E-state index is 10.5. The molecule has 0 saturated carbocycles. The Hall–Kier alpha value is -2.22. The second kappa shape index (κ2) is 6.80. The van der Waals surface area contributed by atoms with Crippen LogP contribution < -0.4 is 4.74 Å². The van der Waals surface area contributed by atoms with E-state index in [-0.39, 0.29) is 6.42 Å². The van der Waals surface area contributed by atoms with Crippen LogP contribution in [-0.4, -0.2) is 51.2 Å². The van der Waals surface area contributed by atoms with Crippen molar-refractivity contribution >= 4 is 11.6 Å². The van der Waals surface area contributed by atoms with Crippen molar-refractivity contribution in [1.82, 2.24) is 19.8 Å². The molecule has 0 atom stereocenters. The first-order valence-electron chi connectivity index (χ1n) is 6.25. The molecule has 1 N–H and O–H groups in total. The molecular weight excluding hydrogens is 264 g/mol. The molecule has 0 unspecified atom stereocenters. The quantitative estimate of drug-likeness (QED) is 0.705. The van der Waals surface area contributed by atoms with Gasteiger partial charge in [-0.3, -0.25) is 4.79 Å². The van der Waals surface area contributed by atoms with Crippen molar-refractivity contribution in [2.45, 2.75) is 19.3 Å². The number of methoxy groups -OCH3 is 1. The van der Waals surface area contributed by atoms with Gasteiger partial charge in [0.2, 0.25) is 5.88 Å². The molecule has 8 heteroatoms. The molecule has 0 radical (unpaired) electrons. The van der Waals surface area contributed by atoms with Crippen molar-refractivity contribution < 1.29 is 19.4 Å². The van der Waals surface area contributed by atoms with Gasteiger partial charge in [-0.15, -0.1) is 15.3 Å². The number of carboxylic acids is 1. The summed E-state index contributed by atoms with van der Waals surface area (Å²) in [5.74, 6) is 0.252. The van der Waals surface area contributed by atoms with E-state index in [0.29, 0.717) is 43.4 Å². The second-order valence-electron chi connectivity index (χ2n) is 4.15. The third-order valence-corrected chi connectivity index (χ3v) is 2.63. The van der Waals surface area contributed by atoms with E-state index in [1.807, 2.05) is 0 Å². The number of nitrogens with zero attached hydrogens (tertiary/aromatic N) is 4. The van der Waals surface area contributed by atoms with Crippen LogP contribution in [0.5, 0.6) is 5.88 Å². The predicted octanol–water partition coefficient (Wildman–Crippen LogP) is 0.557. The van der Waals surface area contributed by atoms with Gasteiger partial charge in [-0.2, -0.15) is 4.52 Å². The van der Waals surface area contributed by atoms with Crippen molar-refractivity contribution in [2.24, 2.45) is 0 Å². The smallest absolute Gasteiger partial charge is 0.303 e. The molecule has 20 heavy (non-hydrogen) atoms. The minimum atomic E-state index is -0.824. The lowest BCUT2D eigenvalue weighted by Crippen LogP contribution is -2.08. The minimum Gasteiger partial charge on any atom is -0.481 e. The highest BCUT2D eigenvalue weighted by atomic mass is 16.5. The zero-order chi connectivity index (χ0) is 14.4. The summed E-state index contributed by atoms with van der Waals surface area (Å²) in [5, 5.41) is 20.9. The molecule has 0 aromatic carbocycles. The number of carboxylic acid groups (broad SMARTS) is 1. The fourth-order valence-electron chi connectivity index (χ4n) is 1.68. The van der Waals surface area contributed by atoms with E-state index < -0.39 is 5.97 Å². The summed E-state index contributed by atoms with van der Waals surface area (Å²) in [6, 6.07) is 3.46. The lowest BCUT2D eigenvalue weighted by atomic mass is 10.2. The number of carbonyl (C=O) groups is 1. The number of aryl methyl sites for hydroxylation is 1. The van der Waals surface area contributed by atoms with Gasteiger partial charge in [0.25, 0.3) is 0 Å². The molecule has 0 aliphatic rings. The zero-order valence-electron chi connectivity index (χ0n) is 11.2. The standard InChI is InChI=1S/C12H16N4O4/c1-19-7-8-20-11-6-5-10-14-13-9(16(10)15-11)3-2-4-12(17)18/h5-6H,2-4,7-8H2,1H3,(H,17,18). The van der Waals surface area contributed by atoms with Crippen LogP contribution in [0, 0.1) is 0 Å². The van der Waals surface area contributed by atoms with Crippen molar-refractivity contribution in [2.75, 3.05) is 20.3 Å².